The van der Waals surface area contributed by atoms with Gasteiger partial charge in [-0.1, -0.05) is 37.3 Å². The van der Waals surface area contributed by atoms with E-state index >= 15 is 0 Å². The van der Waals surface area contributed by atoms with Gasteiger partial charge in [-0.05, 0) is 55.0 Å². The van der Waals surface area contributed by atoms with E-state index in [1.54, 1.807) is 5.56 Å². The third kappa shape index (κ3) is 3.33. The van der Waals surface area contributed by atoms with E-state index in [1.807, 2.05) is 12.3 Å². The first kappa shape index (κ1) is 14.3. The first-order chi connectivity index (χ1) is 10.4. The summed E-state index contributed by atoms with van der Waals surface area (Å²) < 4.78 is 0. The zero-order valence-corrected chi connectivity index (χ0v) is 12.8. The normalized spacial score (nSPS) is 19.0. The summed E-state index contributed by atoms with van der Waals surface area (Å²) in [6, 6.07) is 15.7. The number of nitrogens with zero attached hydrogens (tertiary/aromatic N) is 1. The Morgan fingerprint density at radius 1 is 1.19 bits per heavy atom. The van der Waals surface area contributed by atoms with Crippen molar-refractivity contribution in [3.05, 3.63) is 65.5 Å². The molecule has 2 nitrogen and oxygen atoms in total. The third-order valence-electron chi connectivity index (χ3n) is 4.52. The molecule has 0 spiro atoms. The second-order valence-electron chi connectivity index (χ2n) is 5.89. The Morgan fingerprint density at radius 2 is 2.05 bits per heavy atom. The van der Waals surface area contributed by atoms with Crippen molar-refractivity contribution in [1.29, 1.82) is 0 Å². The summed E-state index contributed by atoms with van der Waals surface area (Å²) in [7, 11) is 0. The monoisotopic (exact) mass is 280 g/mol. The maximum atomic E-state index is 4.51. The van der Waals surface area contributed by atoms with E-state index in [2.05, 4.69) is 53.6 Å². The Bertz CT molecular complexity index is 565. The molecule has 1 aromatic carbocycles. The molecule has 0 saturated heterocycles. The van der Waals surface area contributed by atoms with E-state index in [-0.39, 0.29) is 0 Å². The molecule has 1 N–H and O–H groups in total. The van der Waals surface area contributed by atoms with Crippen molar-refractivity contribution in [2.75, 3.05) is 6.54 Å². The highest BCUT2D eigenvalue weighted by atomic mass is 14.9. The molecular weight excluding hydrogens is 256 g/mol. The quantitative estimate of drug-likeness (QED) is 0.903. The van der Waals surface area contributed by atoms with Crippen molar-refractivity contribution < 1.29 is 0 Å². The number of fused-ring (bicyclic) bond motifs is 1. The Balaban J connectivity index is 1.84. The van der Waals surface area contributed by atoms with Gasteiger partial charge in [-0.15, -0.1) is 0 Å². The topological polar surface area (TPSA) is 24.9 Å². The van der Waals surface area contributed by atoms with Crippen LogP contribution < -0.4 is 5.32 Å². The lowest BCUT2D eigenvalue weighted by Crippen LogP contribution is -2.38. The van der Waals surface area contributed by atoms with Gasteiger partial charge in [0.2, 0.25) is 0 Å². The number of hydrogen-bond acceptors (Lipinski definition) is 2. The van der Waals surface area contributed by atoms with Crippen molar-refractivity contribution in [3.8, 4) is 0 Å². The van der Waals surface area contributed by atoms with E-state index in [1.165, 1.54) is 30.5 Å². The van der Waals surface area contributed by atoms with Crippen LogP contribution in [-0.2, 0) is 12.8 Å². The fourth-order valence-electron chi connectivity index (χ4n) is 3.57. The Labute approximate surface area is 127 Å². The second kappa shape index (κ2) is 6.86. The summed E-state index contributed by atoms with van der Waals surface area (Å²) in [6.07, 6.45) is 6.71. The smallest absolute Gasteiger partial charge is 0.0419 e. The fraction of sp³-hybridized carbons (Fsp3) is 0.421. The number of rotatable bonds is 5. The molecule has 0 aliphatic heterocycles. The largest absolute Gasteiger partial charge is 0.313 e. The van der Waals surface area contributed by atoms with Crippen LogP contribution in [0.2, 0.25) is 0 Å². The van der Waals surface area contributed by atoms with Gasteiger partial charge in [-0.25, -0.2) is 0 Å². The number of nitrogens with one attached hydrogen (secondary N) is 1. The Morgan fingerprint density at radius 3 is 2.86 bits per heavy atom. The van der Waals surface area contributed by atoms with Crippen LogP contribution in [0.4, 0.5) is 0 Å². The lowest BCUT2D eigenvalue weighted by Gasteiger charge is -2.33. The number of aromatic nitrogens is 1. The van der Waals surface area contributed by atoms with Gasteiger partial charge in [0, 0.05) is 24.4 Å². The van der Waals surface area contributed by atoms with Gasteiger partial charge in [0.25, 0.3) is 0 Å². The van der Waals surface area contributed by atoms with E-state index in [9.17, 15) is 0 Å². The summed E-state index contributed by atoms with van der Waals surface area (Å²) in [5.41, 5.74) is 4.27. The Kier molecular flexibility index (Phi) is 4.66. The number of likely N-dealkylation sites (N-methyl/N-ethyl adjacent to an activating group) is 1. The molecule has 1 aliphatic rings. The summed E-state index contributed by atoms with van der Waals surface area (Å²) >= 11 is 0. The molecule has 2 unspecified atom stereocenters. The molecular formula is C19H24N2. The molecule has 0 fully saturated rings. The number of aryl methyl sites for hydroxylation is 1. The summed E-state index contributed by atoms with van der Waals surface area (Å²) in [4.78, 5) is 4.51. The van der Waals surface area contributed by atoms with Gasteiger partial charge in [0.1, 0.15) is 0 Å². The van der Waals surface area contributed by atoms with Crippen LogP contribution in [0.25, 0.3) is 0 Å². The van der Waals surface area contributed by atoms with Crippen molar-refractivity contribution in [2.24, 2.45) is 0 Å². The van der Waals surface area contributed by atoms with E-state index in [0.29, 0.717) is 12.0 Å². The molecule has 0 saturated carbocycles. The average Bonchev–Trinajstić information content (AvgIpc) is 2.55. The maximum Gasteiger partial charge on any atom is 0.0419 e. The minimum atomic E-state index is 0.478. The zero-order chi connectivity index (χ0) is 14.5. The first-order valence-corrected chi connectivity index (χ1v) is 8.09. The van der Waals surface area contributed by atoms with Crippen LogP contribution in [0, 0.1) is 0 Å². The summed E-state index contributed by atoms with van der Waals surface area (Å²) in [5.74, 6) is 0.608. The van der Waals surface area contributed by atoms with Gasteiger partial charge in [0.15, 0.2) is 0 Å². The van der Waals surface area contributed by atoms with Crippen molar-refractivity contribution in [2.45, 2.75) is 44.6 Å². The second-order valence-corrected chi connectivity index (χ2v) is 5.89. The first-order valence-electron chi connectivity index (χ1n) is 8.09. The number of hydrogen-bond donors (Lipinski definition) is 1. The third-order valence-corrected chi connectivity index (χ3v) is 4.52. The molecule has 0 radical (unpaired) electrons. The number of pyridine rings is 1. The molecule has 2 heteroatoms. The molecule has 2 aromatic rings. The molecule has 3 rings (SSSR count). The van der Waals surface area contributed by atoms with Crippen LogP contribution in [0.5, 0.6) is 0 Å². The van der Waals surface area contributed by atoms with Crippen LogP contribution >= 0.6 is 0 Å². The minimum Gasteiger partial charge on any atom is -0.313 e. The van der Waals surface area contributed by atoms with E-state index in [0.717, 1.165) is 13.0 Å². The van der Waals surface area contributed by atoms with Gasteiger partial charge in [-0.2, -0.15) is 0 Å². The molecule has 110 valence electrons. The minimum absolute atomic E-state index is 0.478. The van der Waals surface area contributed by atoms with Gasteiger partial charge < -0.3 is 5.32 Å². The van der Waals surface area contributed by atoms with E-state index in [4.69, 9.17) is 0 Å². The predicted molar refractivity (Wildman–Crippen MR) is 87.5 cm³/mol. The van der Waals surface area contributed by atoms with Crippen molar-refractivity contribution >= 4 is 0 Å². The Hall–Kier alpha value is -1.67. The highest BCUT2D eigenvalue weighted by Gasteiger charge is 2.27. The lowest BCUT2D eigenvalue weighted by molar-refractivity contribution is 0.393. The molecule has 1 heterocycles. The number of benzene rings is 1. The maximum absolute atomic E-state index is 4.51. The van der Waals surface area contributed by atoms with Gasteiger partial charge in [0.05, 0.1) is 0 Å². The predicted octanol–water partition coefficient (Wildman–Crippen LogP) is 3.72. The van der Waals surface area contributed by atoms with Gasteiger partial charge >= 0.3 is 0 Å². The van der Waals surface area contributed by atoms with Crippen molar-refractivity contribution in [1.82, 2.24) is 10.3 Å². The molecule has 1 aliphatic carbocycles. The standard InChI is InChI=1S/C19H24N2/c1-2-20-19(14-16-10-5-6-13-21-16)18-12-7-9-15-8-3-4-11-17(15)18/h3-6,8,10-11,13,18-20H,2,7,9,12,14H2,1H3. The van der Waals surface area contributed by atoms with Crippen LogP contribution in [-0.4, -0.2) is 17.6 Å². The van der Waals surface area contributed by atoms with Crippen LogP contribution in [0.1, 0.15) is 42.5 Å². The van der Waals surface area contributed by atoms with Crippen LogP contribution in [0.15, 0.2) is 48.7 Å². The average molecular weight is 280 g/mol. The molecule has 0 bridgehead atoms. The highest BCUT2D eigenvalue weighted by molar-refractivity contribution is 5.34. The van der Waals surface area contributed by atoms with Crippen molar-refractivity contribution in [3.63, 3.8) is 0 Å². The summed E-state index contributed by atoms with van der Waals surface area (Å²) in [6.45, 7) is 3.20. The fourth-order valence-corrected chi connectivity index (χ4v) is 3.57. The molecule has 2 atom stereocenters. The lowest BCUT2D eigenvalue weighted by atomic mass is 9.77. The molecule has 1 aromatic heterocycles. The van der Waals surface area contributed by atoms with Gasteiger partial charge in [-0.3, -0.25) is 4.98 Å². The molecule has 21 heavy (non-hydrogen) atoms. The summed E-state index contributed by atoms with van der Waals surface area (Å²) in [5, 5.41) is 3.70. The SMILES string of the molecule is CCNC(Cc1ccccn1)C1CCCc2ccccc21. The zero-order valence-electron chi connectivity index (χ0n) is 12.8. The van der Waals surface area contributed by atoms with E-state index < -0.39 is 0 Å². The molecule has 0 amide bonds. The van der Waals surface area contributed by atoms with Crippen LogP contribution in [0.3, 0.4) is 0 Å². The highest BCUT2D eigenvalue weighted by Crippen LogP contribution is 2.34.